The van der Waals surface area contributed by atoms with Gasteiger partial charge in [-0.1, -0.05) is 6.08 Å². The Bertz CT molecular complexity index is 486. The number of rotatable bonds is 1. The van der Waals surface area contributed by atoms with Gasteiger partial charge in [-0.25, -0.2) is 0 Å². The number of allylic oxidation sites excluding steroid dienone is 1. The van der Waals surface area contributed by atoms with Crippen LogP contribution in [0.4, 0.5) is 0 Å². The first-order valence-electron chi connectivity index (χ1n) is 5.68. The third kappa shape index (κ3) is 1.72. The van der Waals surface area contributed by atoms with Crippen molar-refractivity contribution in [3.05, 3.63) is 22.9 Å². The summed E-state index contributed by atoms with van der Waals surface area (Å²) in [5, 5.41) is 11.2. The summed E-state index contributed by atoms with van der Waals surface area (Å²) >= 11 is 1.83. The Morgan fingerprint density at radius 3 is 2.89 bits per heavy atom. The van der Waals surface area contributed by atoms with Gasteiger partial charge in [0, 0.05) is 17.2 Å². The Morgan fingerprint density at radius 2 is 2.28 bits per heavy atom. The Kier molecular flexibility index (Phi) is 3.97. The molecule has 0 aromatic carbocycles. The summed E-state index contributed by atoms with van der Waals surface area (Å²) in [7, 11) is 0. The molecule has 2 fully saturated rings. The molecule has 3 aliphatic heterocycles. The summed E-state index contributed by atoms with van der Waals surface area (Å²) in [6, 6.07) is -0.0387. The number of hydrogen-bond donors (Lipinski definition) is 0. The van der Waals surface area contributed by atoms with Gasteiger partial charge in [-0.05, 0) is 24.7 Å². The molecule has 3 aliphatic rings. The molecule has 3 heterocycles. The van der Waals surface area contributed by atoms with Crippen molar-refractivity contribution in [2.45, 2.75) is 19.4 Å². The molecule has 1 amide bonds. The van der Waals surface area contributed by atoms with Crippen molar-refractivity contribution in [3.8, 4) is 0 Å². The van der Waals surface area contributed by atoms with E-state index in [-0.39, 0.29) is 53.1 Å². The summed E-state index contributed by atoms with van der Waals surface area (Å²) in [6.07, 6.45) is 2.56. The van der Waals surface area contributed by atoms with Crippen LogP contribution >= 0.6 is 11.8 Å². The minimum atomic E-state index is -1.21. The zero-order valence-corrected chi connectivity index (χ0v) is 13.3. The second-order valence-corrected chi connectivity index (χ2v) is 5.61. The number of hydrogen-bond acceptors (Lipinski definition) is 4. The number of carboxylic acids is 1. The molecule has 6 heteroatoms. The van der Waals surface area contributed by atoms with Gasteiger partial charge >= 0.3 is 29.6 Å². The number of nitrogens with zero attached hydrogens (tertiary/aromatic N) is 1. The number of thioether (sulfide) groups is 1. The zero-order chi connectivity index (χ0) is 12.2. The molecular weight excluding hydrogens is 261 g/mol. The maximum absolute atomic E-state index is 11.9. The predicted molar refractivity (Wildman–Crippen MR) is 61.9 cm³/mol. The summed E-state index contributed by atoms with van der Waals surface area (Å²) in [6.45, 7) is 1.83. The molecule has 0 spiro atoms. The van der Waals surface area contributed by atoms with Crippen LogP contribution in [0.5, 0.6) is 0 Å². The van der Waals surface area contributed by atoms with Gasteiger partial charge in [0.2, 0.25) is 0 Å². The SMILES string of the molecule is C/C=C1\C(=O)N2C(C(=O)[O-])=C3CCSC[C@H]3[C@H]12.[Na+]. The van der Waals surface area contributed by atoms with E-state index in [1.165, 1.54) is 4.90 Å². The van der Waals surface area contributed by atoms with Crippen molar-refractivity contribution in [1.82, 2.24) is 4.90 Å². The van der Waals surface area contributed by atoms with E-state index in [1.54, 1.807) is 6.08 Å². The van der Waals surface area contributed by atoms with Crippen molar-refractivity contribution < 1.29 is 44.3 Å². The van der Waals surface area contributed by atoms with E-state index in [4.69, 9.17) is 0 Å². The molecule has 0 bridgehead atoms. The van der Waals surface area contributed by atoms with E-state index >= 15 is 0 Å². The van der Waals surface area contributed by atoms with Gasteiger partial charge < -0.3 is 9.90 Å². The summed E-state index contributed by atoms with van der Waals surface area (Å²) in [5.41, 5.74) is 1.82. The van der Waals surface area contributed by atoms with E-state index in [0.717, 1.165) is 29.1 Å². The maximum Gasteiger partial charge on any atom is 1.00 e. The number of carbonyl (C=O) groups is 2. The van der Waals surface area contributed by atoms with E-state index in [2.05, 4.69) is 0 Å². The second kappa shape index (κ2) is 5.04. The minimum absolute atomic E-state index is 0. The van der Waals surface area contributed by atoms with E-state index in [0.29, 0.717) is 0 Å². The van der Waals surface area contributed by atoms with Crippen LogP contribution in [-0.4, -0.2) is 34.3 Å². The van der Waals surface area contributed by atoms with Gasteiger partial charge in [0.05, 0.1) is 17.7 Å². The van der Waals surface area contributed by atoms with E-state index in [1.807, 2.05) is 18.7 Å². The topological polar surface area (TPSA) is 60.4 Å². The quantitative estimate of drug-likeness (QED) is 0.289. The van der Waals surface area contributed by atoms with Crippen LogP contribution in [0.15, 0.2) is 22.9 Å². The first-order valence-corrected chi connectivity index (χ1v) is 6.84. The van der Waals surface area contributed by atoms with Crippen LogP contribution in [0.25, 0.3) is 0 Å². The van der Waals surface area contributed by atoms with Gasteiger partial charge in [-0.2, -0.15) is 11.8 Å². The van der Waals surface area contributed by atoms with Crippen molar-refractivity contribution >= 4 is 23.6 Å². The fourth-order valence-electron chi connectivity index (χ4n) is 3.03. The number of aliphatic carboxylic acids is 1. The summed E-state index contributed by atoms with van der Waals surface area (Å²) in [4.78, 5) is 24.5. The van der Waals surface area contributed by atoms with Crippen molar-refractivity contribution in [2.75, 3.05) is 11.5 Å². The smallest absolute Gasteiger partial charge is 0.543 e. The molecule has 0 aliphatic carbocycles. The standard InChI is InChI=1S/C12H13NO3S.Na/c1-2-6-9-8-5-17-4-3-7(8)10(12(15)16)13(9)11(6)14;/h2,8-9H,3-5H2,1H3,(H,15,16);/q;+1/p-1/b6-2-;/t8-,9+;/m1./s1. The number of carbonyl (C=O) groups excluding carboxylic acids is 2. The third-order valence-corrected chi connectivity index (χ3v) is 4.84. The van der Waals surface area contributed by atoms with E-state index < -0.39 is 5.97 Å². The molecule has 3 rings (SSSR count). The molecule has 0 aromatic rings. The molecule has 0 saturated carbocycles. The van der Waals surface area contributed by atoms with Crippen molar-refractivity contribution in [3.63, 3.8) is 0 Å². The fraction of sp³-hybridized carbons (Fsp3) is 0.500. The Labute approximate surface area is 132 Å². The third-order valence-electron chi connectivity index (χ3n) is 3.75. The number of carboxylic acid groups (broad SMARTS) is 1. The van der Waals surface area contributed by atoms with Gasteiger partial charge in [-0.3, -0.25) is 9.69 Å². The second-order valence-electron chi connectivity index (χ2n) is 4.46. The Hall–Kier alpha value is -0.230. The zero-order valence-electron chi connectivity index (χ0n) is 10.4. The van der Waals surface area contributed by atoms with Crippen LogP contribution in [0.2, 0.25) is 0 Å². The van der Waals surface area contributed by atoms with Gasteiger partial charge in [-0.15, -0.1) is 0 Å². The molecule has 18 heavy (non-hydrogen) atoms. The van der Waals surface area contributed by atoms with Crippen molar-refractivity contribution in [1.29, 1.82) is 0 Å². The molecule has 2 atom stereocenters. The number of fused-ring (bicyclic) bond motifs is 3. The van der Waals surface area contributed by atoms with Gasteiger partial charge in [0.1, 0.15) is 0 Å². The number of amides is 1. The molecule has 2 saturated heterocycles. The largest absolute Gasteiger partial charge is 1.00 e. The van der Waals surface area contributed by atoms with Crippen LogP contribution < -0.4 is 34.7 Å². The molecule has 0 N–H and O–H groups in total. The predicted octanol–water partition coefficient (Wildman–Crippen LogP) is -3.08. The molecular formula is C12H12NNaO3S. The van der Waals surface area contributed by atoms with Gasteiger partial charge in [0.15, 0.2) is 0 Å². The molecule has 0 aromatic heterocycles. The Balaban J connectivity index is 0.00000120. The maximum atomic E-state index is 11.9. The number of β-lactam (4-membered cyclic amide) rings is 1. The first-order chi connectivity index (χ1) is 8.16. The minimum Gasteiger partial charge on any atom is -0.543 e. The average molecular weight is 273 g/mol. The van der Waals surface area contributed by atoms with Crippen LogP contribution in [-0.2, 0) is 9.59 Å². The monoisotopic (exact) mass is 273 g/mol. The molecule has 0 radical (unpaired) electrons. The van der Waals surface area contributed by atoms with Gasteiger partial charge in [0.25, 0.3) is 5.91 Å². The van der Waals surface area contributed by atoms with Crippen LogP contribution in [0.3, 0.4) is 0 Å². The van der Waals surface area contributed by atoms with Crippen LogP contribution in [0.1, 0.15) is 13.3 Å². The fourth-order valence-corrected chi connectivity index (χ4v) is 4.20. The van der Waals surface area contributed by atoms with E-state index in [9.17, 15) is 14.7 Å². The van der Waals surface area contributed by atoms with Crippen molar-refractivity contribution in [2.24, 2.45) is 5.92 Å². The molecule has 90 valence electrons. The molecule has 4 nitrogen and oxygen atoms in total. The normalized spacial score (nSPS) is 31.7. The van der Waals surface area contributed by atoms with Crippen LogP contribution in [0, 0.1) is 5.92 Å². The Morgan fingerprint density at radius 1 is 1.56 bits per heavy atom. The average Bonchev–Trinajstić information content (AvgIpc) is 2.61. The molecule has 0 unspecified atom stereocenters. The summed E-state index contributed by atoms with van der Waals surface area (Å²) in [5.74, 6) is 0.650. The first kappa shape index (κ1) is 14.2. The summed E-state index contributed by atoms with van der Waals surface area (Å²) < 4.78 is 0.